The molecule has 0 saturated heterocycles. The number of allylic oxidation sites excluding steroid dienone is 10. The fourth-order valence-corrected chi connectivity index (χ4v) is 3.33. The molecule has 0 N–H and O–H groups in total. The molecule has 0 aromatic rings. The number of unbranched alkanes of at least 4 members (excludes halogenated alkanes) is 1. The molecular formula is C25H40O2S. The predicted octanol–water partition coefficient (Wildman–Crippen LogP) is 7.59. The minimum Gasteiger partial charge on any atom is -0.465 e. The van der Waals surface area contributed by atoms with Crippen molar-refractivity contribution in [2.75, 3.05) is 12.4 Å². The molecule has 0 bridgehead atoms. The Labute approximate surface area is 177 Å². The van der Waals surface area contributed by atoms with Crippen LogP contribution in [0.5, 0.6) is 0 Å². The molecule has 0 aromatic heterocycles. The fourth-order valence-electron chi connectivity index (χ4n) is 2.36. The standard InChI is InChI=1S/C25H40O2S/c1-4-7-8-9-10-11-12-13-14-15-16-17-18-19-20-21-22-24(28-23-5-2)25(26)27-6-3/h7-8,10-11,13-14,16-17,20-21,24H,4-6,9,12,15,18-19,22-23H2,1-3H3. The van der Waals surface area contributed by atoms with E-state index in [1.54, 1.807) is 11.8 Å². The van der Waals surface area contributed by atoms with Gasteiger partial charge in [-0.2, -0.15) is 0 Å². The van der Waals surface area contributed by atoms with Gasteiger partial charge >= 0.3 is 5.97 Å². The first kappa shape index (κ1) is 26.5. The van der Waals surface area contributed by atoms with E-state index in [1.807, 2.05) is 6.92 Å². The van der Waals surface area contributed by atoms with Gasteiger partial charge in [0.15, 0.2) is 0 Å². The zero-order chi connectivity index (χ0) is 20.7. The van der Waals surface area contributed by atoms with E-state index in [-0.39, 0.29) is 11.2 Å². The Balaban J connectivity index is 3.84. The van der Waals surface area contributed by atoms with Crippen LogP contribution in [0.15, 0.2) is 60.8 Å². The van der Waals surface area contributed by atoms with Gasteiger partial charge in [-0.15, -0.1) is 11.8 Å². The van der Waals surface area contributed by atoms with Crippen molar-refractivity contribution in [1.82, 2.24) is 0 Å². The molecule has 0 aromatic carbocycles. The molecule has 1 atom stereocenters. The number of ether oxygens (including phenoxy) is 1. The lowest BCUT2D eigenvalue weighted by molar-refractivity contribution is -0.142. The highest BCUT2D eigenvalue weighted by Gasteiger charge is 2.17. The fraction of sp³-hybridized carbons (Fsp3) is 0.560. The van der Waals surface area contributed by atoms with Crippen LogP contribution in [0.3, 0.4) is 0 Å². The molecule has 0 spiro atoms. The summed E-state index contributed by atoms with van der Waals surface area (Å²) < 4.78 is 5.16. The van der Waals surface area contributed by atoms with Gasteiger partial charge < -0.3 is 4.74 Å². The minimum atomic E-state index is -0.0791. The number of hydrogen-bond donors (Lipinski definition) is 0. The van der Waals surface area contributed by atoms with Crippen molar-refractivity contribution in [2.24, 2.45) is 0 Å². The lowest BCUT2D eigenvalue weighted by atomic mass is 10.2. The van der Waals surface area contributed by atoms with E-state index < -0.39 is 0 Å². The summed E-state index contributed by atoms with van der Waals surface area (Å²) in [6.45, 7) is 6.61. The van der Waals surface area contributed by atoms with Crippen LogP contribution in [0.4, 0.5) is 0 Å². The SMILES string of the molecule is CCC=CCC=CCC=CCC=CCCC=CCC(SCCC)C(=O)OCC. The highest BCUT2D eigenvalue weighted by atomic mass is 32.2. The van der Waals surface area contributed by atoms with Gasteiger partial charge in [-0.25, -0.2) is 0 Å². The number of esters is 1. The maximum atomic E-state index is 11.9. The zero-order valence-electron chi connectivity index (χ0n) is 18.1. The summed E-state index contributed by atoms with van der Waals surface area (Å²) in [5.41, 5.74) is 0. The van der Waals surface area contributed by atoms with Crippen molar-refractivity contribution in [3.8, 4) is 0 Å². The van der Waals surface area contributed by atoms with E-state index >= 15 is 0 Å². The van der Waals surface area contributed by atoms with Crippen LogP contribution in [0.1, 0.15) is 72.1 Å². The van der Waals surface area contributed by atoms with Gasteiger partial charge in [0.05, 0.1) is 6.61 Å². The number of hydrogen-bond acceptors (Lipinski definition) is 3. The van der Waals surface area contributed by atoms with Crippen LogP contribution in [-0.2, 0) is 9.53 Å². The lowest BCUT2D eigenvalue weighted by Gasteiger charge is -2.12. The Hall–Kier alpha value is -1.48. The molecule has 0 saturated carbocycles. The Morgan fingerprint density at radius 1 is 0.786 bits per heavy atom. The van der Waals surface area contributed by atoms with E-state index in [9.17, 15) is 4.79 Å². The molecule has 158 valence electrons. The van der Waals surface area contributed by atoms with Gasteiger partial charge in [0, 0.05) is 0 Å². The first-order valence-corrected chi connectivity index (χ1v) is 11.8. The van der Waals surface area contributed by atoms with Gasteiger partial charge in [-0.05, 0) is 64.0 Å². The molecule has 0 fully saturated rings. The molecule has 0 heterocycles. The van der Waals surface area contributed by atoms with E-state index in [0.717, 1.165) is 57.1 Å². The van der Waals surface area contributed by atoms with Crippen molar-refractivity contribution >= 4 is 17.7 Å². The van der Waals surface area contributed by atoms with Gasteiger partial charge in [0.25, 0.3) is 0 Å². The first-order chi connectivity index (χ1) is 13.8. The molecule has 0 amide bonds. The number of rotatable bonds is 17. The van der Waals surface area contributed by atoms with Crippen molar-refractivity contribution in [1.29, 1.82) is 0 Å². The number of carbonyl (C=O) groups excluding carboxylic acids is 1. The van der Waals surface area contributed by atoms with Gasteiger partial charge in [-0.3, -0.25) is 4.79 Å². The number of thioether (sulfide) groups is 1. The summed E-state index contributed by atoms with van der Waals surface area (Å²) >= 11 is 1.70. The normalized spacial score (nSPS) is 13.7. The molecule has 28 heavy (non-hydrogen) atoms. The van der Waals surface area contributed by atoms with Gasteiger partial charge in [0.1, 0.15) is 5.25 Å². The molecule has 0 aliphatic heterocycles. The van der Waals surface area contributed by atoms with Crippen LogP contribution in [0, 0.1) is 0 Å². The Bertz CT molecular complexity index is 501. The number of carbonyl (C=O) groups is 1. The Kier molecular flexibility index (Phi) is 20.7. The quantitative estimate of drug-likeness (QED) is 0.142. The van der Waals surface area contributed by atoms with E-state index in [4.69, 9.17) is 4.74 Å². The van der Waals surface area contributed by atoms with Crippen LogP contribution in [-0.4, -0.2) is 23.6 Å². The van der Waals surface area contributed by atoms with Crippen LogP contribution < -0.4 is 0 Å². The monoisotopic (exact) mass is 404 g/mol. The second-order valence-corrected chi connectivity index (χ2v) is 7.71. The molecule has 0 rings (SSSR count). The van der Waals surface area contributed by atoms with Crippen molar-refractivity contribution < 1.29 is 9.53 Å². The maximum absolute atomic E-state index is 11.9. The average molecular weight is 405 g/mol. The van der Waals surface area contributed by atoms with Crippen molar-refractivity contribution in [2.45, 2.75) is 77.4 Å². The third kappa shape index (κ3) is 17.9. The summed E-state index contributed by atoms with van der Waals surface area (Å²) in [5, 5.41) is -0.0615. The summed E-state index contributed by atoms with van der Waals surface area (Å²) in [4.78, 5) is 11.9. The van der Waals surface area contributed by atoms with Crippen molar-refractivity contribution in [3.63, 3.8) is 0 Å². The van der Waals surface area contributed by atoms with E-state index in [0.29, 0.717) is 6.61 Å². The minimum absolute atomic E-state index is 0.0615. The lowest BCUT2D eigenvalue weighted by Crippen LogP contribution is -2.20. The van der Waals surface area contributed by atoms with E-state index in [1.165, 1.54) is 0 Å². The van der Waals surface area contributed by atoms with Gasteiger partial charge in [-0.1, -0.05) is 74.6 Å². The Morgan fingerprint density at radius 3 is 1.86 bits per heavy atom. The topological polar surface area (TPSA) is 26.3 Å². The van der Waals surface area contributed by atoms with Crippen LogP contribution >= 0.6 is 11.8 Å². The summed E-state index contributed by atoms with van der Waals surface area (Å²) in [6.07, 6.45) is 30.1. The highest BCUT2D eigenvalue weighted by Crippen LogP contribution is 2.18. The highest BCUT2D eigenvalue weighted by molar-refractivity contribution is 8.00. The second-order valence-electron chi connectivity index (χ2n) is 6.40. The molecule has 0 radical (unpaired) electrons. The van der Waals surface area contributed by atoms with E-state index in [2.05, 4.69) is 74.6 Å². The third-order valence-corrected chi connectivity index (χ3v) is 5.24. The molecule has 0 aliphatic rings. The molecule has 3 heteroatoms. The van der Waals surface area contributed by atoms with Gasteiger partial charge in [0.2, 0.25) is 0 Å². The zero-order valence-corrected chi connectivity index (χ0v) is 19.0. The Morgan fingerprint density at radius 2 is 1.32 bits per heavy atom. The predicted molar refractivity (Wildman–Crippen MR) is 127 cm³/mol. The van der Waals surface area contributed by atoms with Crippen molar-refractivity contribution in [3.05, 3.63) is 60.8 Å². The third-order valence-electron chi connectivity index (χ3n) is 3.81. The maximum Gasteiger partial charge on any atom is 0.319 e. The first-order valence-electron chi connectivity index (χ1n) is 10.8. The smallest absolute Gasteiger partial charge is 0.319 e. The molecule has 1 unspecified atom stereocenters. The summed E-state index contributed by atoms with van der Waals surface area (Å²) in [7, 11) is 0. The van der Waals surface area contributed by atoms with Crippen LogP contribution in [0.2, 0.25) is 0 Å². The molecular weight excluding hydrogens is 364 g/mol. The molecule has 0 aliphatic carbocycles. The average Bonchev–Trinajstić information content (AvgIpc) is 2.70. The molecule has 2 nitrogen and oxygen atoms in total. The van der Waals surface area contributed by atoms with Crippen LogP contribution in [0.25, 0.3) is 0 Å². The largest absolute Gasteiger partial charge is 0.465 e. The summed E-state index contributed by atoms with van der Waals surface area (Å²) in [5.74, 6) is 0.920. The second kappa shape index (κ2) is 21.8. The summed E-state index contributed by atoms with van der Waals surface area (Å²) in [6, 6.07) is 0.